The molecule has 4 aliphatic rings. The summed E-state index contributed by atoms with van der Waals surface area (Å²) in [4.78, 5) is 0. The Hall–Kier alpha value is 0.310. The Morgan fingerprint density at radius 1 is 1.27 bits per heavy atom. The number of hydrogen-bond donors (Lipinski definition) is 0. The molecule has 86 valence electrons. The minimum Gasteiger partial charge on any atom is -0.316 e. The quantitative estimate of drug-likeness (QED) is 0.648. The number of hydrogen-bond acceptors (Lipinski definition) is 3. The maximum atomic E-state index is 6.01. The topological polar surface area (TPSA) is 27.7 Å². The Morgan fingerprint density at radius 2 is 2.00 bits per heavy atom. The Kier molecular flexibility index (Phi) is 2.06. The van der Waals surface area contributed by atoms with Crippen molar-refractivity contribution in [2.75, 3.05) is 7.11 Å². The van der Waals surface area contributed by atoms with E-state index in [4.69, 9.17) is 13.6 Å². The molecule has 1 heterocycles. The van der Waals surface area contributed by atoms with Gasteiger partial charge in [-0.05, 0) is 37.0 Å². The molecule has 3 saturated carbocycles. The summed E-state index contributed by atoms with van der Waals surface area (Å²) in [5.41, 5.74) is 0.327. The zero-order valence-corrected chi connectivity index (χ0v) is 10.7. The van der Waals surface area contributed by atoms with Gasteiger partial charge in [0, 0.05) is 7.11 Å². The van der Waals surface area contributed by atoms with E-state index in [1.165, 1.54) is 6.42 Å². The smallest absolute Gasteiger partial charge is 0.316 e. The monoisotopic (exact) mass is 230 g/mol. The summed E-state index contributed by atoms with van der Waals surface area (Å²) in [6.45, 7) is 6.94. The van der Waals surface area contributed by atoms with E-state index in [1.807, 2.05) is 0 Å². The molecule has 1 aliphatic heterocycles. The van der Waals surface area contributed by atoms with Crippen LogP contribution in [0.3, 0.4) is 0 Å². The van der Waals surface area contributed by atoms with Crippen molar-refractivity contribution >= 4 is 8.60 Å². The fraction of sp³-hybridized carbons (Fsp3) is 1.00. The molecule has 2 bridgehead atoms. The van der Waals surface area contributed by atoms with Crippen LogP contribution in [0.2, 0.25) is 0 Å². The van der Waals surface area contributed by atoms with Gasteiger partial charge in [0.1, 0.15) is 5.60 Å². The summed E-state index contributed by atoms with van der Waals surface area (Å²) >= 11 is 0. The molecule has 3 nitrogen and oxygen atoms in total. The Balaban J connectivity index is 1.89. The minimum atomic E-state index is -1.08. The average molecular weight is 230 g/mol. The van der Waals surface area contributed by atoms with Crippen molar-refractivity contribution in [3.63, 3.8) is 0 Å². The molecule has 1 saturated heterocycles. The predicted molar refractivity (Wildman–Crippen MR) is 58.3 cm³/mol. The van der Waals surface area contributed by atoms with Crippen molar-refractivity contribution in [2.24, 2.45) is 17.3 Å². The molecule has 4 rings (SSSR count). The van der Waals surface area contributed by atoms with E-state index in [0.29, 0.717) is 11.3 Å². The predicted octanol–water partition coefficient (Wildman–Crippen LogP) is 3.10. The summed E-state index contributed by atoms with van der Waals surface area (Å²) in [7, 11) is 0.585. The van der Waals surface area contributed by atoms with E-state index < -0.39 is 8.60 Å². The van der Waals surface area contributed by atoms with Crippen molar-refractivity contribution in [3.8, 4) is 0 Å². The molecule has 0 aromatic carbocycles. The Bertz CT molecular complexity index is 294. The van der Waals surface area contributed by atoms with Crippen LogP contribution in [0.15, 0.2) is 0 Å². The summed E-state index contributed by atoms with van der Waals surface area (Å²) < 4.78 is 17.1. The van der Waals surface area contributed by atoms with Crippen molar-refractivity contribution in [1.82, 2.24) is 0 Å². The molecule has 0 radical (unpaired) electrons. The van der Waals surface area contributed by atoms with Crippen LogP contribution in [0.1, 0.15) is 33.6 Å². The maximum Gasteiger partial charge on any atom is 0.333 e. The highest BCUT2D eigenvalue weighted by atomic mass is 31.2. The van der Waals surface area contributed by atoms with Crippen LogP contribution in [-0.2, 0) is 13.6 Å². The average Bonchev–Trinajstić information content (AvgIpc) is 2.53. The normalized spacial score (nSPS) is 56.0. The first-order valence-corrected chi connectivity index (χ1v) is 6.78. The van der Waals surface area contributed by atoms with Gasteiger partial charge in [-0.1, -0.05) is 13.8 Å². The van der Waals surface area contributed by atoms with Crippen molar-refractivity contribution in [3.05, 3.63) is 0 Å². The van der Waals surface area contributed by atoms with Gasteiger partial charge >= 0.3 is 8.60 Å². The van der Waals surface area contributed by atoms with Crippen LogP contribution >= 0.6 is 8.60 Å². The second-order valence-electron chi connectivity index (χ2n) is 5.82. The molecule has 4 fully saturated rings. The SMILES string of the molecule is COP1O[C@@H]2C[C@@H]3C[C@@H](C3(C)C)[C@]2(C)O1. The van der Waals surface area contributed by atoms with E-state index >= 15 is 0 Å². The summed E-state index contributed by atoms with van der Waals surface area (Å²) in [5.74, 6) is 1.45. The largest absolute Gasteiger partial charge is 0.333 e. The maximum absolute atomic E-state index is 6.01. The molecule has 1 unspecified atom stereocenters. The van der Waals surface area contributed by atoms with Gasteiger partial charge in [-0.15, -0.1) is 0 Å². The van der Waals surface area contributed by atoms with Crippen LogP contribution < -0.4 is 0 Å². The van der Waals surface area contributed by atoms with Crippen LogP contribution in [-0.4, -0.2) is 18.8 Å². The zero-order chi connectivity index (χ0) is 10.8. The van der Waals surface area contributed by atoms with Gasteiger partial charge in [0.25, 0.3) is 0 Å². The van der Waals surface area contributed by atoms with Crippen LogP contribution in [0.25, 0.3) is 0 Å². The molecule has 0 N–H and O–H groups in total. The van der Waals surface area contributed by atoms with Crippen molar-refractivity contribution in [1.29, 1.82) is 0 Å². The highest BCUT2D eigenvalue weighted by molar-refractivity contribution is 7.42. The summed E-state index contributed by atoms with van der Waals surface area (Å²) in [6, 6.07) is 0. The first-order valence-electron chi connectivity index (χ1n) is 5.68. The highest BCUT2D eigenvalue weighted by Crippen LogP contribution is 2.70. The summed E-state index contributed by atoms with van der Waals surface area (Å²) in [6.07, 6.45) is 2.71. The van der Waals surface area contributed by atoms with Crippen LogP contribution in [0.5, 0.6) is 0 Å². The first kappa shape index (κ1) is 10.5. The lowest BCUT2D eigenvalue weighted by Gasteiger charge is -2.63. The molecular formula is C11H19O3P. The van der Waals surface area contributed by atoms with E-state index in [2.05, 4.69) is 20.8 Å². The third-order valence-corrected chi connectivity index (χ3v) is 6.20. The molecule has 0 amide bonds. The third-order valence-electron chi connectivity index (χ3n) is 4.93. The van der Waals surface area contributed by atoms with Gasteiger partial charge in [-0.25, -0.2) is 0 Å². The van der Waals surface area contributed by atoms with Gasteiger partial charge in [-0.3, -0.25) is 0 Å². The van der Waals surface area contributed by atoms with Crippen molar-refractivity contribution < 1.29 is 13.6 Å². The number of rotatable bonds is 1. The fourth-order valence-electron chi connectivity index (χ4n) is 3.74. The summed E-state index contributed by atoms with van der Waals surface area (Å²) in [5, 5.41) is 0. The second-order valence-corrected chi connectivity index (χ2v) is 7.02. The van der Waals surface area contributed by atoms with E-state index in [-0.39, 0.29) is 11.7 Å². The first-order chi connectivity index (χ1) is 6.98. The molecule has 3 aliphatic carbocycles. The van der Waals surface area contributed by atoms with E-state index in [9.17, 15) is 0 Å². The lowest BCUT2D eigenvalue weighted by atomic mass is 9.43. The standard InChI is InChI=1S/C11H19O3P/c1-10(2)7-5-8(10)11(3)9(6-7)13-15(12-4)14-11/h7-9H,5-6H2,1-4H3/t7-,8-,9+,11-,15?/m0/s1. The lowest BCUT2D eigenvalue weighted by molar-refractivity contribution is -0.199. The molecule has 5 atom stereocenters. The van der Waals surface area contributed by atoms with Gasteiger partial charge in [0.15, 0.2) is 0 Å². The Labute approximate surface area is 92.5 Å². The Morgan fingerprint density at radius 3 is 2.60 bits per heavy atom. The zero-order valence-electron chi connectivity index (χ0n) is 9.82. The second kappa shape index (κ2) is 2.95. The van der Waals surface area contributed by atoms with Gasteiger partial charge in [0.2, 0.25) is 0 Å². The minimum absolute atomic E-state index is 0.0973. The molecular weight excluding hydrogens is 211 g/mol. The van der Waals surface area contributed by atoms with E-state index in [0.717, 1.165) is 12.3 Å². The van der Waals surface area contributed by atoms with Crippen molar-refractivity contribution in [2.45, 2.75) is 45.3 Å². The van der Waals surface area contributed by atoms with Crippen LogP contribution in [0, 0.1) is 17.3 Å². The molecule has 4 heteroatoms. The van der Waals surface area contributed by atoms with Gasteiger partial charge in [-0.2, -0.15) is 0 Å². The van der Waals surface area contributed by atoms with Crippen LogP contribution in [0.4, 0.5) is 0 Å². The molecule has 0 aromatic heterocycles. The fourth-order valence-corrected chi connectivity index (χ4v) is 5.01. The van der Waals surface area contributed by atoms with Gasteiger partial charge < -0.3 is 13.6 Å². The van der Waals surface area contributed by atoms with E-state index in [1.54, 1.807) is 7.11 Å². The highest BCUT2D eigenvalue weighted by Gasteiger charge is 2.68. The molecule has 15 heavy (non-hydrogen) atoms. The molecule has 0 aromatic rings. The third kappa shape index (κ3) is 1.16. The lowest BCUT2D eigenvalue weighted by Crippen LogP contribution is -2.65. The van der Waals surface area contributed by atoms with Gasteiger partial charge in [0.05, 0.1) is 6.10 Å². The molecule has 0 spiro atoms.